The number of nitrogens with two attached hydrogens (primary N) is 2. The molecular weight excluding hydrogens is 402 g/mol. The van der Waals surface area contributed by atoms with Gasteiger partial charge in [0.1, 0.15) is 12.6 Å². The van der Waals surface area contributed by atoms with Crippen molar-refractivity contribution in [1.82, 2.24) is 10.6 Å². The predicted molar refractivity (Wildman–Crippen MR) is 117 cm³/mol. The van der Waals surface area contributed by atoms with Gasteiger partial charge in [-0.3, -0.25) is 9.79 Å². The Morgan fingerprint density at radius 2 is 1.77 bits per heavy atom. The number of carbonyl (C=O) groups is 3. The number of carbonyl (C=O) groups excluding carboxylic acids is 2. The smallest absolute Gasteiger partial charge is 0.407 e. The maximum absolute atomic E-state index is 12.0. The highest BCUT2D eigenvalue weighted by Gasteiger charge is 2.19. The molecule has 0 aliphatic carbocycles. The van der Waals surface area contributed by atoms with Crippen LogP contribution in [0, 0.1) is 0 Å². The molecule has 0 bridgehead atoms. The number of guanidine groups is 1. The van der Waals surface area contributed by atoms with Crippen LogP contribution >= 0.6 is 0 Å². The number of rotatable bonds is 15. The van der Waals surface area contributed by atoms with Gasteiger partial charge in [-0.15, -0.1) is 0 Å². The van der Waals surface area contributed by atoms with Crippen molar-refractivity contribution in [2.24, 2.45) is 16.5 Å². The molecule has 0 saturated heterocycles. The van der Waals surface area contributed by atoms with Gasteiger partial charge in [0.2, 0.25) is 5.91 Å². The Labute approximate surface area is 182 Å². The zero-order chi connectivity index (χ0) is 22.9. The first-order chi connectivity index (χ1) is 14.9. The second-order valence-corrected chi connectivity index (χ2v) is 7.06. The minimum absolute atomic E-state index is 0.00219. The van der Waals surface area contributed by atoms with Crippen LogP contribution in [0.1, 0.15) is 50.5 Å². The number of nitrogens with one attached hydrogen (secondary N) is 2. The lowest BCUT2D eigenvalue weighted by Gasteiger charge is -2.14. The first-order valence-electron chi connectivity index (χ1n) is 10.4. The van der Waals surface area contributed by atoms with Crippen LogP contribution in [0.3, 0.4) is 0 Å². The molecule has 1 aromatic rings. The van der Waals surface area contributed by atoms with Gasteiger partial charge in [-0.25, -0.2) is 9.59 Å². The van der Waals surface area contributed by atoms with Crippen LogP contribution in [0.2, 0.25) is 0 Å². The topological polar surface area (TPSA) is 169 Å². The summed E-state index contributed by atoms with van der Waals surface area (Å²) in [6, 6.07) is 8.47. The number of carboxylic acid groups (broad SMARTS) is 1. The normalized spacial score (nSPS) is 11.2. The Bertz CT molecular complexity index is 707. The molecule has 10 nitrogen and oxygen atoms in total. The number of alkyl carbamates (subject to hydrolysis) is 1. The van der Waals surface area contributed by atoms with Crippen LogP contribution in [0.15, 0.2) is 35.3 Å². The standard InChI is InChI=1S/C21H33N5O5/c22-20(23)24-13-8-6-11-17(19(28)29)26-18(27)12-5-2-7-14-25-21(30)31-15-16-9-3-1-4-10-16/h1,3-4,9-10,17H,2,5-8,11-15H2,(H,25,30)(H,26,27)(H,28,29)(H4,22,23,24)/t17-/m1/s1. The molecule has 31 heavy (non-hydrogen) atoms. The van der Waals surface area contributed by atoms with Gasteiger partial charge in [-0.05, 0) is 37.7 Å². The lowest BCUT2D eigenvalue weighted by atomic mass is 10.1. The summed E-state index contributed by atoms with van der Waals surface area (Å²) >= 11 is 0. The van der Waals surface area contributed by atoms with Gasteiger partial charge in [0, 0.05) is 19.5 Å². The van der Waals surface area contributed by atoms with Crippen LogP contribution in [-0.2, 0) is 20.9 Å². The van der Waals surface area contributed by atoms with E-state index in [-0.39, 0.29) is 24.9 Å². The van der Waals surface area contributed by atoms with E-state index in [0.717, 1.165) is 12.0 Å². The fourth-order valence-electron chi connectivity index (χ4n) is 2.74. The van der Waals surface area contributed by atoms with E-state index in [1.165, 1.54) is 0 Å². The summed E-state index contributed by atoms with van der Waals surface area (Å²) in [4.78, 5) is 38.7. The molecule has 10 heteroatoms. The number of hydrogen-bond donors (Lipinski definition) is 5. The Morgan fingerprint density at radius 3 is 2.45 bits per heavy atom. The molecular formula is C21H33N5O5. The average Bonchev–Trinajstić information content (AvgIpc) is 2.74. The molecule has 0 aromatic heterocycles. The minimum Gasteiger partial charge on any atom is -0.480 e. The van der Waals surface area contributed by atoms with Gasteiger partial charge in [-0.1, -0.05) is 36.8 Å². The molecule has 0 radical (unpaired) electrons. The maximum atomic E-state index is 12.0. The highest BCUT2D eigenvalue weighted by molar-refractivity contribution is 5.83. The number of ether oxygens (including phenoxy) is 1. The van der Waals surface area contributed by atoms with Crippen molar-refractivity contribution in [2.45, 2.75) is 57.6 Å². The summed E-state index contributed by atoms with van der Waals surface area (Å²) in [5.41, 5.74) is 11.4. The van der Waals surface area contributed by atoms with E-state index in [2.05, 4.69) is 15.6 Å². The van der Waals surface area contributed by atoms with Crippen molar-refractivity contribution < 1.29 is 24.2 Å². The summed E-state index contributed by atoms with van der Waals surface area (Å²) in [7, 11) is 0. The largest absolute Gasteiger partial charge is 0.480 e. The summed E-state index contributed by atoms with van der Waals surface area (Å²) in [5.74, 6) is -1.36. The average molecular weight is 436 g/mol. The van der Waals surface area contributed by atoms with Gasteiger partial charge in [0.05, 0.1) is 0 Å². The summed E-state index contributed by atoms with van der Waals surface area (Å²) in [6.07, 6.45) is 3.31. The van der Waals surface area contributed by atoms with E-state index in [9.17, 15) is 19.5 Å². The Morgan fingerprint density at radius 1 is 1.03 bits per heavy atom. The maximum Gasteiger partial charge on any atom is 0.407 e. The number of amides is 2. The van der Waals surface area contributed by atoms with E-state index in [1.807, 2.05) is 30.3 Å². The van der Waals surface area contributed by atoms with E-state index >= 15 is 0 Å². The quantitative estimate of drug-likeness (QED) is 0.158. The van der Waals surface area contributed by atoms with Gasteiger partial charge in [0.15, 0.2) is 5.96 Å². The molecule has 172 valence electrons. The monoisotopic (exact) mass is 435 g/mol. The molecule has 1 rings (SSSR count). The van der Waals surface area contributed by atoms with Crippen LogP contribution < -0.4 is 22.1 Å². The molecule has 0 fully saturated rings. The number of hydrogen-bond acceptors (Lipinski definition) is 5. The summed E-state index contributed by atoms with van der Waals surface area (Å²) in [6.45, 7) is 1.09. The molecule has 0 aliphatic heterocycles. The number of carboxylic acids is 1. The van der Waals surface area contributed by atoms with E-state index < -0.39 is 18.1 Å². The minimum atomic E-state index is -1.06. The highest BCUT2D eigenvalue weighted by atomic mass is 16.5. The van der Waals surface area contributed by atoms with Crippen molar-refractivity contribution in [2.75, 3.05) is 13.1 Å². The molecule has 1 atom stereocenters. The highest BCUT2D eigenvalue weighted by Crippen LogP contribution is 2.05. The molecule has 0 saturated carbocycles. The lowest BCUT2D eigenvalue weighted by Crippen LogP contribution is -2.40. The third-order valence-electron chi connectivity index (χ3n) is 4.39. The Hall–Kier alpha value is -3.30. The number of nitrogens with zero attached hydrogens (tertiary/aromatic N) is 1. The van der Waals surface area contributed by atoms with E-state index in [1.54, 1.807) is 0 Å². The fourth-order valence-corrected chi connectivity index (χ4v) is 2.74. The first kappa shape index (κ1) is 25.7. The van der Waals surface area contributed by atoms with Crippen molar-refractivity contribution in [3.05, 3.63) is 35.9 Å². The number of aliphatic carboxylic acids is 1. The second kappa shape index (κ2) is 15.5. The van der Waals surface area contributed by atoms with Gasteiger partial charge in [-0.2, -0.15) is 0 Å². The lowest BCUT2D eigenvalue weighted by molar-refractivity contribution is -0.142. The van der Waals surface area contributed by atoms with Crippen molar-refractivity contribution in [3.63, 3.8) is 0 Å². The van der Waals surface area contributed by atoms with Crippen molar-refractivity contribution in [3.8, 4) is 0 Å². The summed E-state index contributed by atoms with van der Waals surface area (Å²) < 4.78 is 5.11. The fraction of sp³-hybridized carbons (Fsp3) is 0.524. The molecule has 2 amide bonds. The molecule has 0 aliphatic rings. The number of benzene rings is 1. The number of unbranched alkanes of at least 4 members (excludes halogenated alkanes) is 3. The van der Waals surface area contributed by atoms with E-state index in [0.29, 0.717) is 45.2 Å². The van der Waals surface area contributed by atoms with Gasteiger partial charge < -0.3 is 31.9 Å². The first-order valence-corrected chi connectivity index (χ1v) is 10.4. The third kappa shape index (κ3) is 13.5. The van der Waals surface area contributed by atoms with E-state index in [4.69, 9.17) is 16.2 Å². The van der Waals surface area contributed by atoms with Crippen molar-refractivity contribution in [1.29, 1.82) is 0 Å². The Balaban J connectivity index is 2.09. The molecule has 0 unspecified atom stereocenters. The zero-order valence-corrected chi connectivity index (χ0v) is 17.7. The zero-order valence-electron chi connectivity index (χ0n) is 17.7. The number of aliphatic imine (C=N–C) groups is 1. The molecule has 7 N–H and O–H groups in total. The van der Waals surface area contributed by atoms with Crippen LogP contribution in [0.5, 0.6) is 0 Å². The predicted octanol–water partition coefficient (Wildman–Crippen LogP) is 1.49. The van der Waals surface area contributed by atoms with Crippen molar-refractivity contribution >= 4 is 23.9 Å². The van der Waals surface area contributed by atoms with Crippen LogP contribution in [0.4, 0.5) is 4.79 Å². The SMILES string of the molecule is NC(N)=NCCCC[C@@H](NC(=O)CCCCCNC(=O)OCc1ccccc1)C(=O)O. The Kier molecular flexibility index (Phi) is 12.9. The van der Waals surface area contributed by atoms with Crippen LogP contribution in [0.25, 0.3) is 0 Å². The molecule has 0 spiro atoms. The molecule has 1 aromatic carbocycles. The third-order valence-corrected chi connectivity index (χ3v) is 4.39. The van der Waals surface area contributed by atoms with Gasteiger partial charge in [0.25, 0.3) is 0 Å². The van der Waals surface area contributed by atoms with Crippen LogP contribution in [-0.4, -0.2) is 48.2 Å². The second-order valence-electron chi connectivity index (χ2n) is 7.06. The van der Waals surface area contributed by atoms with Gasteiger partial charge >= 0.3 is 12.1 Å². The molecule has 0 heterocycles. The summed E-state index contributed by atoms with van der Waals surface area (Å²) in [5, 5.41) is 14.5.